The third-order valence-corrected chi connectivity index (χ3v) is 4.76. The van der Waals surface area contributed by atoms with Crippen LogP contribution >= 0.6 is 0 Å². The van der Waals surface area contributed by atoms with Crippen molar-refractivity contribution in [3.05, 3.63) is 72.4 Å². The van der Waals surface area contributed by atoms with E-state index in [4.69, 9.17) is 0 Å². The predicted octanol–water partition coefficient (Wildman–Crippen LogP) is 3.79. The first-order chi connectivity index (χ1) is 14.4. The number of hydrogen-bond donors (Lipinski definition) is 1. The van der Waals surface area contributed by atoms with Crippen LogP contribution in [0.4, 0.5) is 14.6 Å². The number of nitrogens with zero attached hydrogens (tertiary/aromatic N) is 5. The molecular formula is C21H20F2N6O. The van der Waals surface area contributed by atoms with Crippen molar-refractivity contribution in [3.63, 3.8) is 0 Å². The fraction of sp³-hybridized carbons (Fsp3) is 0.238. The molecule has 1 unspecified atom stereocenters. The normalized spacial score (nSPS) is 12.4. The second kappa shape index (κ2) is 8.02. The van der Waals surface area contributed by atoms with Gasteiger partial charge in [0.05, 0.1) is 29.6 Å². The number of carbonyl (C=O) groups excluding carboxylic acids is 1. The first-order valence-corrected chi connectivity index (χ1v) is 9.48. The van der Waals surface area contributed by atoms with E-state index in [0.717, 1.165) is 17.8 Å². The highest BCUT2D eigenvalue weighted by atomic mass is 19.2. The van der Waals surface area contributed by atoms with Crippen LogP contribution in [0.2, 0.25) is 0 Å². The lowest BCUT2D eigenvalue weighted by molar-refractivity contribution is -0.120. The minimum absolute atomic E-state index is 0.133. The van der Waals surface area contributed by atoms with E-state index in [1.54, 1.807) is 27.7 Å². The van der Waals surface area contributed by atoms with Gasteiger partial charge in [0.15, 0.2) is 17.5 Å². The van der Waals surface area contributed by atoms with E-state index in [-0.39, 0.29) is 17.3 Å². The topological polar surface area (TPSA) is 77.6 Å². The third kappa shape index (κ3) is 3.91. The molecule has 1 atom stereocenters. The third-order valence-electron chi connectivity index (χ3n) is 4.76. The number of carbonyl (C=O) groups is 1. The summed E-state index contributed by atoms with van der Waals surface area (Å²) in [5, 5.41) is 7.17. The molecule has 0 saturated heterocycles. The van der Waals surface area contributed by atoms with Gasteiger partial charge >= 0.3 is 0 Å². The van der Waals surface area contributed by atoms with Gasteiger partial charge in [-0.25, -0.2) is 13.8 Å². The molecule has 1 aromatic carbocycles. The maximum atomic E-state index is 13.8. The van der Waals surface area contributed by atoms with Gasteiger partial charge in [-0.2, -0.15) is 5.10 Å². The number of benzene rings is 1. The molecule has 9 heteroatoms. The monoisotopic (exact) mass is 410 g/mol. The Morgan fingerprint density at radius 1 is 1.13 bits per heavy atom. The van der Waals surface area contributed by atoms with Crippen molar-refractivity contribution in [1.29, 1.82) is 0 Å². The number of fused-ring (bicyclic) bond motifs is 1. The van der Waals surface area contributed by atoms with Crippen molar-refractivity contribution >= 4 is 22.8 Å². The summed E-state index contributed by atoms with van der Waals surface area (Å²) in [5.41, 5.74) is 1.48. The van der Waals surface area contributed by atoms with Crippen molar-refractivity contribution < 1.29 is 13.6 Å². The zero-order valence-electron chi connectivity index (χ0n) is 16.5. The summed E-state index contributed by atoms with van der Waals surface area (Å²) in [6.45, 7) is 4.21. The molecule has 0 fully saturated rings. The molecule has 1 N–H and O–H groups in total. The summed E-state index contributed by atoms with van der Waals surface area (Å²) in [5.74, 6) is -2.02. The minimum Gasteiger partial charge on any atom is -0.318 e. The van der Waals surface area contributed by atoms with Crippen molar-refractivity contribution in [2.75, 3.05) is 5.32 Å². The van der Waals surface area contributed by atoms with E-state index in [1.165, 1.54) is 6.33 Å². The van der Waals surface area contributed by atoms with Crippen molar-refractivity contribution in [1.82, 2.24) is 24.3 Å². The van der Waals surface area contributed by atoms with Crippen LogP contribution in [0.1, 0.15) is 25.6 Å². The van der Waals surface area contributed by atoms with Gasteiger partial charge in [0, 0.05) is 30.6 Å². The SMILES string of the molecule is CC(C)C(C(=O)Nc1ccn(Cc2ccccn2)n1)n1cnc2cc(F)c(F)cc21. The Labute approximate surface area is 171 Å². The molecule has 30 heavy (non-hydrogen) atoms. The summed E-state index contributed by atoms with van der Waals surface area (Å²) in [7, 11) is 0. The van der Waals surface area contributed by atoms with E-state index in [2.05, 4.69) is 20.4 Å². The number of anilines is 1. The number of pyridine rings is 1. The fourth-order valence-corrected chi connectivity index (χ4v) is 3.37. The number of hydrogen-bond acceptors (Lipinski definition) is 4. The molecule has 4 rings (SSSR count). The van der Waals surface area contributed by atoms with Gasteiger partial charge in [-0.05, 0) is 18.1 Å². The van der Waals surface area contributed by atoms with Crippen molar-refractivity contribution in [2.24, 2.45) is 5.92 Å². The highest BCUT2D eigenvalue weighted by molar-refractivity contribution is 5.94. The maximum absolute atomic E-state index is 13.8. The molecule has 7 nitrogen and oxygen atoms in total. The van der Waals surface area contributed by atoms with E-state index >= 15 is 0 Å². The molecule has 4 aromatic rings. The van der Waals surface area contributed by atoms with Gasteiger partial charge in [0.1, 0.15) is 6.04 Å². The van der Waals surface area contributed by atoms with Gasteiger partial charge < -0.3 is 9.88 Å². The zero-order valence-corrected chi connectivity index (χ0v) is 16.5. The summed E-state index contributed by atoms with van der Waals surface area (Å²) in [6, 6.07) is 8.72. The maximum Gasteiger partial charge on any atom is 0.248 e. The van der Waals surface area contributed by atoms with Crippen LogP contribution in [0.25, 0.3) is 11.0 Å². The van der Waals surface area contributed by atoms with Crippen LogP contribution in [0.5, 0.6) is 0 Å². The molecule has 0 spiro atoms. The van der Waals surface area contributed by atoms with Crippen LogP contribution in [-0.2, 0) is 11.3 Å². The van der Waals surface area contributed by atoms with Crippen molar-refractivity contribution in [3.8, 4) is 0 Å². The second-order valence-corrected chi connectivity index (χ2v) is 7.30. The first-order valence-electron chi connectivity index (χ1n) is 9.48. The number of halogens is 2. The molecule has 3 heterocycles. The summed E-state index contributed by atoms with van der Waals surface area (Å²) in [6.07, 6.45) is 4.88. The Balaban J connectivity index is 1.56. The summed E-state index contributed by atoms with van der Waals surface area (Å²) in [4.78, 5) is 21.4. The first kappa shape index (κ1) is 19.7. The molecule has 3 aromatic heterocycles. The number of rotatable bonds is 6. The quantitative estimate of drug-likeness (QED) is 0.525. The standard InChI is InChI=1S/C21H20F2N6O/c1-13(2)20(29-12-25-17-9-15(22)16(23)10-18(17)29)21(30)26-19-6-8-28(27-19)11-14-5-3-4-7-24-14/h3-10,12-13,20H,11H2,1-2H3,(H,26,27,30). The average molecular weight is 410 g/mol. The molecule has 0 bridgehead atoms. The predicted molar refractivity (Wildman–Crippen MR) is 108 cm³/mol. The highest BCUT2D eigenvalue weighted by Crippen LogP contribution is 2.26. The number of amides is 1. The van der Waals surface area contributed by atoms with Crippen molar-refractivity contribution in [2.45, 2.75) is 26.4 Å². The molecule has 0 radical (unpaired) electrons. The Hall–Kier alpha value is -3.62. The van der Waals surface area contributed by atoms with Crippen LogP contribution in [0, 0.1) is 17.6 Å². The molecule has 1 amide bonds. The lowest BCUT2D eigenvalue weighted by Gasteiger charge is -2.22. The van der Waals surface area contributed by atoms with Gasteiger partial charge in [0.2, 0.25) is 5.91 Å². The molecular weight excluding hydrogens is 390 g/mol. The highest BCUT2D eigenvalue weighted by Gasteiger charge is 2.27. The minimum atomic E-state index is -0.986. The number of aromatic nitrogens is 5. The van der Waals surface area contributed by atoms with Crippen LogP contribution in [0.15, 0.2) is 55.1 Å². The Kier molecular flexibility index (Phi) is 5.26. The van der Waals surface area contributed by atoms with E-state index < -0.39 is 17.7 Å². The van der Waals surface area contributed by atoms with Gasteiger partial charge in [0.25, 0.3) is 0 Å². The Morgan fingerprint density at radius 3 is 2.67 bits per heavy atom. The average Bonchev–Trinajstić information content (AvgIpc) is 3.30. The molecule has 0 aliphatic carbocycles. The Morgan fingerprint density at radius 2 is 1.93 bits per heavy atom. The summed E-state index contributed by atoms with van der Waals surface area (Å²) >= 11 is 0. The summed E-state index contributed by atoms with van der Waals surface area (Å²) < 4.78 is 30.5. The van der Waals surface area contributed by atoms with E-state index in [1.807, 2.05) is 32.0 Å². The number of nitrogens with one attached hydrogen (secondary N) is 1. The zero-order chi connectivity index (χ0) is 21.3. The van der Waals surface area contributed by atoms with E-state index in [0.29, 0.717) is 17.9 Å². The van der Waals surface area contributed by atoms with Crippen LogP contribution in [-0.4, -0.2) is 30.2 Å². The Bertz CT molecular complexity index is 1180. The lowest BCUT2D eigenvalue weighted by Crippen LogP contribution is -2.29. The van der Waals surface area contributed by atoms with Crippen LogP contribution in [0.3, 0.4) is 0 Å². The molecule has 154 valence electrons. The molecule has 0 aliphatic rings. The molecule has 0 saturated carbocycles. The largest absolute Gasteiger partial charge is 0.318 e. The van der Waals surface area contributed by atoms with Crippen LogP contribution < -0.4 is 5.32 Å². The molecule has 0 aliphatic heterocycles. The fourth-order valence-electron chi connectivity index (χ4n) is 3.37. The number of imidazole rings is 1. The smallest absolute Gasteiger partial charge is 0.248 e. The van der Waals surface area contributed by atoms with Gasteiger partial charge in [-0.1, -0.05) is 19.9 Å². The van der Waals surface area contributed by atoms with E-state index in [9.17, 15) is 13.6 Å². The lowest BCUT2D eigenvalue weighted by atomic mass is 10.0. The van der Waals surface area contributed by atoms with Gasteiger partial charge in [-0.3, -0.25) is 14.5 Å². The van der Waals surface area contributed by atoms with Gasteiger partial charge in [-0.15, -0.1) is 0 Å². The second-order valence-electron chi connectivity index (χ2n) is 7.30.